The molecule has 1 N–H and O–H groups in total. The second-order valence-corrected chi connectivity index (χ2v) is 1.07. The van der Waals surface area contributed by atoms with E-state index in [1.807, 2.05) is 0 Å². The third kappa shape index (κ3) is 2.17. The number of carboxylic acids is 1. The predicted octanol–water partition coefficient (Wildman–Crippen LogP) is 0.269. The Hall–Kier alpha value is -0.570. The number of ether oxygens (including phenoxy) is 1. The average molecular weight is 103 g/mol. The molecule has 0 amide bonds. The topological polar surface area (TPSA) is 46.5 Å². The van der Waals surface area contributed by atoms with Gasteiger partial charge in [-0.15, -0.1) is 0 Å². The normalized spacial score (nSPS) is 9.57. The largest absolute Gasteiger partial charge is 0.479 e. The number of aliphatic carboxylic acids is 1. The molecule has 0 rings (SSSR count). The van der Waals surface area contributed by atoms with Gasteiger partial charge in [0.05, 0.1) is 0 Å². The fourth-order valence-electron chi connectivity index (χ4n) is 0.0873. The van der Waals surface area contributed by atoms with Gasteiger partial charge in [0.15, 0.2) is 0 Å². The summed E-state index contributed by atoms with van der Waals surface area (Å²) >= 11 is 0. The molecular formula is C4H7O3. The summed E-state index contributed by atoms with van der Waals surface area (Å²) in [5, 5.41) is 8.02. The van der Waals surface area contributed by atoms with Gasteiger partial charge in [0.25, 0.3) is 0 Å². The fraction of sp³-hybridized carbons (Fsp3) is 0.500. The van der Waals surface area contributed by atoms with E-state index >= 15 is 0 Å². The number of carbonyl (C=O) groups is 1. The zero-order valence-electron chi connectivity index (χ0n) is 4.26. The molecule has 0 spiro atoms. The van der Waals surface area contributed by atoms with Crippen LogP contribution in [0.5, 0.6) is 0 Å². The van der Waals surface area contributed by atoms with Crippen molar-refractivity contribution in [3.8, 4) is 0 Å². The van der Waals surface area contributed by atoms with Crippen molar-refractivity contribution in [2.24, 2.45) is 0 Å². The van der Waals surface area contributed by atoms with E-state index < -0.39 is 5.97 Å². The highest BCUT2D eigenvalue weighted by Gasteiger charge is 2.08. The summed E-state index contributed by atoms with van der Waals surface area (Å²) in [6.07, 6.45) is 0.0139. The number of rotatable bonds is 2. The molecule has 0 aromatic carbocycles. The Kier molecular flexibility index (Phi) is 2.37. The maximum absolute atomic E-state index is 9.77. The Balaban J connectivity index is 3.34. The first-order valence-corrected chi connectivity index (χ1v) is 1.79. The zero-order chi connectivity index (χ0) is 5.86. The molecule has 0 bridgehead atoms. The van der Waals surface area contributed by atoms with Crippen LogP contribution in [0.25, 0.3) is 0 Å². The van der Waals surface area contributed by atoms with Crippen LogP contribution in [0, 0.1) is 6.10 Å². The van der Waals surface area contributed by atoms with Crippen molar-refractivity contribution in [3.63, 3.8) is 0 Å². The molecule has 1 radical (unpaired) electrons. The monoisotopic (exact) mass is 103 g/mol. The Labute approximate surface area is 41.9 Å². The van der Waals surface area contributed by atoms with Crippen LogP contribution in [0.15, 0.2) is 0 Å². The third-order valence-electron chi connectivity index (χ3n) is 0.607. The molecule has 7 heavy (non-hydrogen) atoms. The van der Waals surface area contributed by atoms with Gasteiger partial charge in [0.1, 0.15) is 0 Å². The van der Waals surface area contributed by atoms with Crippen molar-refractivity contribution in [2.75, 3.05) is 7.11 Å². The predicted molar refractivity (Wildman–Crippen MR) is 23.6 cm³/mol. The molecule has 0 aliphatic carbocycles. The van der Waals surface area contributed by atoms with E-state index in [0.29, 0.717) is 0 Å². The smallest absolute Gasteiger partial charge is 0.339 e. The van der Waals surface area contributed by atoms with Gasteiger partial charge in [-0.1, -0.05) is 0 Å². The van der Waals surface area contributed by atoms with Gasteiger partial charge in [0, 0.05) is 7.11 Å². The molecular weight excluding hydrogens is 96.0 g/mol. The van der Waals surface area contributed by atoms with E-state index in [4.69, 9.17) is 5.11 Å². The average Bonchev–Trinajstić information content (AvgIpc) is 1.65. The van der Waals surface area contributed by atoms with E-state index in [2.05, 4.69) is 4.74 Å². The Morgan fingerprint density at radius 1 is 1.71 bits per heavy atom. The first-order valence-electron chi connectivity index (χ1n) is 1.79. The fourth-order valence-corrected chi connectivity index (χ4v) is 0.0873. The SMILES string of the molecule is CO[C](C)C(=O)O. The lowest BCUT2D eigenvalue weighted by Gasteiger charge is -1.96. The first kappa shape index (κ1) is 6.43. The van der Waals surface area contributed by atoms with Crippen LogP contribution in [0.2, 0.25) is 0 Å². The van der Waals surface area contributed by atoms with E-state index in [-0.39, 0.29) is 6.10 Å². The van der Waals surface area contributed by atoms with Gasteiger partial charge < -0.3 is 9.84 Å². The molecule has 3 heteroatoms. The van der Waals surface area contributed by atoms with Crippen molar-refractivity contribution in [1.29, 1.82) is 0 Å². The van der Waals surface area contributed by atoms with Crippen molar-refractivity contribution in [3.05, 3.63) is 6.10 Å². The van der Waals surface area contributed by atoms with Crippen molar-refractivity contribution < 1.29 is 14.6 Å². The standard InChI is InChI=1S/C4H7O3/c1-3(7-2)4(5)6/h1-2H3,(H,5,6). The first-order chi connectivity index (χ1) is 3.18. The minimum atomic E-state index is -1.01. The molecule has 0 atom stereocenters. The van der Waals surface area contributed by atoms with Crippen LogP contribution in [0.1, 0.15) is 6.92 Å². The Morgan fingerprint density at radius 2 is 2.14 bits per heavy atom. The molecule has 0 aromatic heterocycles. The van der Waals surface area contributed by atoms with Gasteiger partial charge in [0.2, 0.25) is 6.10 Å². The minimum absolute atomic E-state index is 0.0139. The highest BCUT2D eigenvalue weighted by atomic mass is 16.5. The molecule has 41 valence electrons. The maximum atomic E-state index is 9.77. The minimum Gasteiger partial charge on any atom is -0.479 e. The molecule has 0 aliphatic rings. The highest BCUT2D eigenvalue weighted by Crippen LogP contribution is 1.94. The number of hydrogen-bond donors (Lipinski definition) is 1. The Morgan fingerprint density at radius 3 is 2.14 bits per heavy atom. The van der Waals surface area contributed by atoms with E-state index in [9.17, 15) is 4.79 Å². The summed E-state index contributed by atoms with van der Waals surface area (Å²) in [6.45, 7) is 1.39. The second-order valence-electron chi connectivity index (χ2n) is 1.07. The van der Waals surface area contributed by atoms with Crippen molar-refractivity contribution >= 4 is 5.97 Å². The zero-order valence-corrected chi connectivity index (χ0v) is 4.26. The van der Waals surface area contributed by atoms with Crippen LogP contribution >= 0.6 is 0 Å². The van der Waals surface area contributed by atoms with Gasteiger partial charge in [-0.2, -0.15) is 0 Å². The van der Waals surface area contributed by atoms with Crippen LogP contribution in [-0.4, -0.2) is 18.2 Å². The summed E-state index contributed by atoms with van der Waals surface area (Å²) in [7, 11) is 1.32. The number of carboxylic acid groups (broad SMARTS) is 1. The molecule has 0 saturated carbocycles. The van der Waals surface area contributed by atoms with E-state index in [1.165, 1.54) is 14.0 Å². The van der Waals surface area contributed by atoms with Crippen LogP contribution in [0.3, 0.4) is 0 Å². The molecule has 0 saturated heterocycles. The lowest BCUT2D eigenvalue weighted by Crippen LogP contribution is -2.07. The van der Waals surface area contributed by atoms with Crippen LogP contribution in [0.4, 0.5) is 0 Å². The summed E-state index contributed by atoms with van der Waals surface area (Å²) < 4.78 is 4.33. The van der Waals surface area contributed by atoms with Gasteiger partial charge in [-0.05, 0) is 6.92 Å². The highest BCUT2D eigenvalue weighted by molar-refractivity contribution is 5.79. The molecule has 0 heterocycles. The molecule has 3 nitrogen and oxygen atoms in total. The van der Waals surface area contributed by atoms with Crippen LogP contribution < -0.4 is 0 Å². The van der Waals surface area contributed by atoms with Crippen molar-refractivity contribution in [1.82, 2.24) is 0 Å². The quantitative estimate of drug-likeness (QED) is 0.545. The molecule has 0 aliphatic heterocycles. The Bertz CT molecular complexity index is 69.3. The lowest BCUT2D eigenvalue weighted by molar-refractivity contribution is -0.140. The molecule has 0 fully saturated rings. The van der Waals surface area contributed by atoms with Gasteiger partial charge in [-0.25, -0.2) is 4.79 Å². The van der Waals surface area contributed by atoms with Gasteiger partial charge >= 0.3 is 5.97 Å². The lowest BCUT2D eigenvalue weighted by atomic mass is 10.4. The van der Waals surface area contributed by atoms with E-state index in [1.54, 1.807) is 0 Å². The van der Waals surface area contributed by atoms with E-state index in [0.717, 1.165) is 0 Å². The second kappa shape index (κ2) is 2.58. The molecule has 0 aromatic rings. The van der Waals surface area contributed by atoms with Crippen LogP contribution in [-0.2, 0) is 9.53 Å². The van der Waals surface area contributed by atoms with Gasteiger partial charge in [-0.3, -0.25) is 0 Å². The number of methoxy groups -OCH3 is 1. The summed E-state index contributed by atoms with van der Waals surface area (Å²) in [4.78, 5) is 9.77. The third-order valence-corrected chi connectivity index (χ3v) is 0.607. The summed E-state index contributed by atoms with van der Waals surface area (Å²) in [6, 6.07) is 0. The summed E-state index contributed by atoms with van der Waals surface area (Å²) in [5.74, 6) is -1.01. The molecule has 0 unspecified atom stereocenters. The van der Waals surface area contributed by atoms with Crippen molar-refractivity contribution in [2.45, 2.75) is 6.92 Å². The number of hydrogen-bond acceptors (Lipinski definition) is 2. The summed E-state index contributed by atoms with van der Waals surface area (Å²) in [5.41, 5.74) is 0. The maximum Gasteiger partial charge on any atom is 0.339 e.